The number of para-hydroxylation sites is 1. The van der Waals surface area contributed by atoms with E-state index in [2.05, 4.69) is 15.0 Å². The Morgan fingerprint density at radius 1 is 1.18 bits per heavy atom. The molecule has 2 aromatic carbocycles. The number of rotatable bonds is 7. The SMILES string of the molecule is CN=C(NCc1cccc(S(=O)(=O)NC)c1)N(C)Cc1ccccc1OC.I. The van der Waals surface area contributed by atoms with Crippen LogP contribution in [0.5, 0.6) is 5.75 Å². The van der Waals surface area contributed by atoms with Crippen molar-refractivity contribution in [3.05, 3.63) is 59.7 Å². The summed E-state index contributed by atoms with van der Waals surface area (Å²) >= 11 is 0. The average Bonchev–Trinajstić information content (AvgIpc) is 2.69. The van der Waals surface area contributed by atoms with Gasteiger partial charge in [0.15, 0.2) is 5.96 Å². The number of sulfonamides is 1. The Morgan fingerprint density at radius 2 is 1.89 bits per heavy atom. The van der Waals surface area contributed by atoms with Gasteiger partial charge < -0.3 is 15.0 Å². The first-order valence-corrected chi connectivity index (χ1v) is 9.95. The fourth-order valence-electron chi connectivity index (χ4n) is 2.67. The summed E-state index contributed by atoms with van der Waals surface area (Å²) in [5.41, 5.74) is 1.89. The first-order chi connectivity index (χ1) is 12.9. The normalized spacial score (nSPS) is 11.5. The van der Waals surface area contributed by atoms with Gasteiger partial charge in [-0.15, -0.1) is 24.0 Å². The molecular weight excluding hydrogens is 491 g/mol. The van der Waals surface area contributed by atoms with Crippen molar-refractivity contribution in [2.24, 2.45) is 4.99 Å². The molecule has 9 heteroatoms. The van der Waals surface area contributed by atoms with Crippen LogP contribution < -0.4 is 14.8 Å². The van der Waals surface area contributed by atoms with Gasteiger partial charge in [0.05, 0.1) is 12.0 Å². The van der Waals surface area contributed by atoms with Gasteiger partial charge in [-0.2, -0.15) is 0 Å². The molecule has 2 aromatic rings. The van der Waals surface area contributed by atoms with Crippen molar-refractivity contribution >= 4 is 40.0 Å². The zero-order valence-electron chi connectivity index (χ0n) is 16.5. The van der Waals surface area contributed by atoms with Crippen molar-refractivity contribution in [2.45, 2.75) is 18.0 Å². The second kappa shape index (κ2) is 11.2. The smallest absolute Gasteiger partial charge is 0.240 e. The summed E-state index contributed by atoms with van der Waals surface area (Å²) in [4.78, 5) is 6.52. The summed E-state index contributed by atoms with van der Waals surface area (Å²) in [6.45, 7) is 1.08. The van der Waals surface area contributed by atoms with Gasteiger partial charge in [-0.05, 0) is 30.8 Å². The van der Waals surface area contributed by atoms with Crippen LogP contribution in [-0.4, -0.2) is 47.5 Å². The minimum Gasteiger partial charge on any atom is -0.496 e. The molecule has 0 saturated heterocycles. The van der Waals surface area contributed by atoms with Gasteiger partial charge in [-0.1, -0.05) is 30.3 Å². The van der Waals surface area contributed by atoms with E-state index in [0.29, 0.717) is 19.0 Å². The fourth-order valence-corrected chi connectivity index (χ4v) is 3.47. The van der Waals surface area contributed by atoms with Gasteiger partial charge in [0.25, 0.3) is 0 Å². The highest BCUT2D eigenvalue weighted by atomic mass is 127. The minimum atomic E-state index is -3.46. The molecule has 0 amide bonds. The zero-order chi connectivity index (χ0) is 19.9. The van der Waals surface area contributed by atoms with Crippen LogP contribution in [0.3, 0.4) is 0 Å². The number of halogens is 1. The fraction of sp³-hybridized carbons (Fsp3) is 0.316. The summed E-state index contributed by atoms with van der Waals surface area (Å²) in [6, 6.07) is 14.6. The van der Waals surface area contributed by atoms with E-state index >= 15 is 0 Å². The number of nitrogens with one attached hydrogen (secondary N) is 2. The lowest BCUT2D eigenvalue weighted by Gasteiger charge is -2.23. The third-order valence-corrected chi connectivity index (χ3v) is 5.51. The number of methoxy groups -OCH3 is 1. The maximum absolute atomic E-state index is 11.9. The van der Waals surface area contributed by atoms with E-state index in [1.165, 1.54) is 7.05 Å². The number of guanidine groups is 1. The topological polar surface area (TPSA) is 83.0 Å². The summed E-state index contributed by atoms with van der Waals surface area (Å²) in [5.74, 6) is 1.52. The molecule has 2 rings (SSSR count). The van der Waals surface area contributed by atoms with Crippen LogP contribution in [0.25, 0.3) is 0 Å². The molecule has 0 heterocycles. The summed E-state index contributed by atoms with van der Waals surface area (Å²) in [6.07, 6.45) is 0. The van der Waals surface area contributed by atoms with Crippen LogP contribution in [0.1, 0.15) is 11.1 Å². The molecule has 0 unspecified atom stereocenters. The Kier molecular flexibility index (Phi) is 9.70. The van der Waals surface area contributed by atoms with E-state index in [1.807, 2.05) is 42.3 Å². The van der Waals surface area contributed by atoms with Crippen molar-refractivity contribution in [1.29, 1.82) is 0 Å². The van der Waals surface area contributed by atoms with E-state index in [0.717, 1.165) is 16.9 Å². The molecule has 0 spiro atoms. The van der Waals surface area contributed by atoms with Crippen molar-refractivity contribution in [1.82, 2.24) is 14.9 Å². The van der Waals surface area contributed by atoms with E-state index in [-0.39, 0.29) is 28.9 Å². The maximum Gasteiger partial charge on any atom is 0.240 e. The number of nitrogens with zero attached hydrogens (tertiary/aromatic N) is 2. The van der Waals surface area contributed by atoms with Gasteiger partial charge in [-0.3, -0.25) is 4.99 Å². The highest BCUT2D eigenvalue weighted by Gasteiger charge is 2.13. The maximum atomic E-state index is 11.9. The molecule has 0 atom stereocenters. The molecule has 0 fully saturated rings. The number of hydrogen-bond donors (Lipinski definition) is 2. The van der Waals surface area contributed by atoms with E-state index in [1.54, 1.807) is 32.4 Å². The van der Waals surface area contributed by atoms with Crippen LogP contribution in [-0.2, 0) is 23.1 Å². The van der Waals surface area contributed by atoms with Gasteiger partial charge in [0.2, 0.25) is 10.0 Å². The lowest BCUT2D eigenvalue weighted by Crippen LogP contribution is -2.38. The Bertz CT molecular complexity index is 904. The van der Waals surface area contributed by atoms with Crippen LogP contribution in [0.4, 0.5) is 0 Å². The van der Waals surface area contributed by atoms with Crippen molar-refractivity contribution < 1.29 is 13.2 Å². The molecule has 0 aliphatic rings. The molecule has 0 radical (unpaired) electrons. The third-order valence-electron chi connectivity index (χ3n) is 4.10. The molecule has 28 heavy (non-hydrogen) atoms. The highest BCUT2D eigenvalue weighted by Crippen LogP contribution is 2.18. The van der Waals surface area contributed by atoms with Crippen molar-refractivity contribution in [3.63, 3.8) is 0 Å². The Morgan fingerprint density at radius 3 is 2.54 bits per heavy atom. The van der Waals surface area contributed by atoms with Crippen LogP contribution in [0, 0.1) is 0 Å². The average molecular weight is 518 g/mol. The second-order valence-corrected chi connectivity index (χ2v) is 7.81. The summed E-state index contributed by atoms with van der Waals surface area (Å²) in [5, 5.41) is 3.26. The predicted octanol–water partition coefficient (Wildman–Crippen LogP) is 2.43. The molecule has 0 aliphatic carbocycles. The lowest BCUT2D eigenvalue weighted by atomic mass is 10.2. The van der Waals surface area contributed by atoms with Crippen LogP contribution in [0.15, 0.2) is 58.4 Å². The third kappa shape index (κ3) is 6.35. The van der Waals surface area contributed by atoms with Crippen LogP contribution >= 0.6 is 24.0 Å². The Labute approximate surface area is 184 Å². The highest BCUT2D eigenvalue weighted by molar-refractivity contribution is 14.0. The molecule has 2 N–H and O–H groups in total. The minimum absolute atomic E-state index is 0. The van der Waals surface area contributed by atoms with E-state index in [9.17, 15) is 8.42 Å². The molecule has 0 aromatic heterocycles. The quantitative estimate of drug-likeness (QED) is 0.334. The standard InChI is InChI=1S/C19H26N4O3S.HI/c1-20-19(23(3)14-16-9-5-6-11-18(16)26-4)22-13-15-8-7-10-17(12-15)27(24,25)21-2;/h5-12,21H,13-14H2,1-4H3,(H,20,22);1H. The zero-order valence-corrected chi connectivity index (χ0v) is 19.6. The van der Waals surface area contributed by atoms with Gasteiger partial charge in [0, 0.05) is 32.7 Å². The van der Waals surface area contributed by atoms with Gasteiger partial charge in [0.1, 0.15) is 5.75 Å². The molecule has 0 bridgehead atoms. The first kappa shape index (κ1) is 24.2. The number of ether oxygens (including phenoxy) is 1. The molecule has 7 nitrogen and oxygen atoms in total. The largest absolute Gasteiger partial charge is 0.496 e. The van der Waals surface area contributed by atoms with Crippen LogP contribution in [0.2, 0.25) is 0 Å². The predicted molar refractivity (Wildman–Crippen MR) is 123 cm³/mol. The van der Waals surface area contributed by atoms with Crippen molar-refractivity contribution in [2.75, 3.05) is 28.3 Å². The van der Waals surface area contributed by atoms with Gasteiger partial charge >= 0.3 is 0 Å². The number of benzene rings is 2. The lowest BCUT2D eigenvalue weighted by molar-refractivity contribution is 0.396. The second-order valence-electron chi connectivity index (χ2n) is 5.92. The molecule has 0 aliphatic heterocycles. The van der Waals surface area contributed by atoms with Crippen molar-refractivity contribution in [3.8, 4) is 5.75 Å². The molecular formula is C19H27IN4O3S. The summed E-state index contributed by atoms with van der Waals surface area (Å²) in [7, 11) is 3.23. The summed E-state index contributed by atoms with van der Waals surface area (Å²) < 4.78 is 31.6. The molecule has 0 saturated carbocycles. The first-order valence-electron chi connectivity index (χ1n) is 8.47. The number of aliphatic imine (C=N–C) groups is 1. The number of hydrogen-bond acceptors (Lipinski definition) is 4. The van der Waals surface area contributed by atoms with E-state index < -0.39 is 10.0 Å². The Balaban J connectivity index is 0.00000392. The Hall–Kier alpha value is -1.85. The monoisotopic (exact) mass is 518 g/mol. The van der Waals surface area contributed by atoms with Gasteiger partial charge in [-0.25, -0.2) is 13.1 Å². The molecule has 154 valence electrons. The van der Waals surface area contributed by atoms with E-state index in [4.69, 9.17) is 4.74 Å².